The van der Waals surface area contributed by atoms with Gasteiger partial charge in [-0.25, -0.2) is 0 Å². The number of benzene rings is 1. The number of hydrogen-bond acceptors (Lipinski definition) is 1. The van der Waals surface area contributed by atoms with Crippen LogP contribution in [-0.4, -0.2) is 6.04 Å². The second-order valence-electron chi connectivity index (χ2n) is 6.89. The highest BCUT2D eigenvalue weighted by Gasteiger charge is 2.53. The average Bonchev–Trinajstić information content (AvgIpc) is 3.11. The van der Waals surface area contributed by atoms with Crippen LogP contribution < -0.4 is 5.32 Å². The molecule has 1 aromatic rings. The van der Waals surface area contributed by atoms with Crippen molar-refractivity contribution >= 4 is 27.5 Å². The Morgan fingerprint density at radius 2 is 2.00 bits per heavy atom. The lowest BCUT2D eigenvalue weighted by molar-refractivity contribution is 0.208. The summed E-state index contributed by atoms with van der Waals surface area (Å²) in [6.07, 6.45) is 7.41. The first-order chi connectivity index (χ1) is 9.72. The monoisotopic (exact) mass is 353 g/mol. The lowest BCUT2D eigenvalue weighted by Gasteiger charge is -2.32. The first-order valence-corrected chi connectivity index (χ1v) is 9.07. The minimum absolute atomic E-state index is 0.758. The van der Waals surface area contributed by atoms with Gasteiger partial charge in [0, 0.05) is 17.1 Å². The molecular weight excluding hydrogens is 334 g/mol. The van der Waals surface area contributed by atoms with Gasteiger partial charge >= 0.3 is 0 Å². The van der Waals surface area contributed by atoms with Crippen molar-refractivity contribution in [3.05, 3.63) is 33.3 Å². The number of nitrogens with one attached hydrogen (secondary N) is 1. The van der Waals surface area contributed by atoms with E-state index >= 15 is 0 Å². The molecule has 0 amide bonds. The third-order valence-corrected chi connectivity index (χ3v) is 7.20. The van der Waals surface area contributed by atoms with Crippen LogP contribution in [-0.2, 0) is 6.54 Å². The normalized spacial score (nSPS) is 38.4. The molecule has 4 rings (SSSR count). The molecule has 108 valence electrons. The Morgan fingerprint density at radius 3 is 2.85 bits per heavy atom. The predicted molar refractivity (Wildman–Crippen MR) is 86.8 cm³/mol. The zero-order valence-corrected chi connectivity index (χ0v) is 14.0. The first kappa shape index (κ1) is 13.6. The van der Waals surface area contributed by atoms with Gasteiger partial charge in [0.15, 0.2) is 0 Å². The molecule has 0 heterocycles. The van der Waals surface area contributed by atoms with Crippen molar-refractivity contribution in [2.24, 2.45) is 23.7 Å². The molecule has 2 bridgehead atoms. The van der Waals surface area contributed by atoms with Gasteiger partial charge in [-0.3, -0.25) is 0 Å². The molecule has 20 heavy (non-hydrogen) atoms. The van der Waals surface area contributed by atoms with Crippen LogP contribution >= 0.6 is 27.5 Å². The van der Waals surface area contributed by atoms with Crippen LogP contribution in [0.15, 0.2) is 22.7 Å². The van der Waals surface area contributed by atoms with Crippen LogP contribution in [0.4, 0.5) is 0 Å². The highest BCUT2D eigenvalue weighted by atomic mass is 79.9. The van der Waals surface area contributed by atoms with Crippen LogP contribution in [0.1, 0.15) is 37.7 Å². The summed E-state index contributed by atoms with van der Waals surface area (Å²) in [5.41, 5.74) is 1.33. The Kier molecular flexibility index (Phi) is 3.60. The summed E-state index contributed by atoms with van der Waals surface area (Å²) >= 11 is 9.56. The summed E-state index contributed by atoms with van der Waals surface area (Å²) in [4.78, 5) is 0. The van der Waals surface area contributed by atoms with Gasteiger partial charge in [0.05, 0.1) is 5.02 Å². The fourth-order valence-corrected chi connectivity index (χ4v) is 5.75. The maximum atomic E-state index is 6.05. The van der Waals surface area contributed by atoms with E-state index in [0.29, 0.717) is 0 Å². The van der Waals surface area contributed by atoms with Crippen LogP contribution in [0.25, 0.3) is 0 Å². The molecule has 5 unspecified atom stereocenters. The van der Waals surface area contributed by atoms with E-state index in [-0.39, 0.29) is 0 Å². The SMILES string of the molecule is Clc1ccc(CNC2CC3CC2C2CCCC32)cc1Br. The Balaban J connectivity index is 1.40. The van der Waals surface area contributed by atoms with E-state index in [1.807, 2.05) is 6.07 Å². The second kappa shape index (κ2) is 5.30. The van der Waals surface area contributed by atoms with E-state index in [1.165, 1.54) is 37.7 Å². The standard InChI is InChI=1S/C17H21BrClN/c18-15-6-10(4-5-16(15)19)9-20-17-8-11-7-14(17)13-3-1-2-12(11)13/h4-6,11-14,17,20H,1-3,7-9H2. The summed E-state index contributed by atoms with van der Waals surface area (Å²) < 4.78 is 1.00. The molecule has 3 fully saturated rings. The van der Waals surface area contributed by atoms with Crippen molar-refractivity contribution in [1.29, 1.82) is 0 Å². The second-order valence-corrected chi connectivity index (χ2v) is 8.15. The maximum Gasteiger partial charge on any atom is 0.0548 e. The molecular formula is C17H21BrClN. The van der Waals surface area contributed by atoms with Crippen molar-refractivity contribution in [3.63, 3.8) is 0 Å². The number of fused-ring (bicyclic) bond motifs is 5. The molecule has 0 radical (unpaired) electrons. The zero-order valence-electron chi connectivity index (χ0n) is 11.6. The fraction of sp³-hybridized carbons (Fsp3) is 0.647. The highest BCUT2D eigenvalue weighted by Crippen LogP contribution is 2.58. The van der Waals surface area contributed by atoms with Crippen LogP contribution in [0.2, 0.25) is 5.02 Å². The zero-order chi connectivity index (χ0) is 13.7. The van der Waals surface area contributed by atoms with Crippen molar-refractivity contribution < 1.29 is 0 Å². The molecule has 1 nitrogen and oxygen atoms in total. The molecule has 3 aliphatic carbocycles. The topological polar surface area (TPSA) is 12.0 Å². The maximum absolute atomic E-state index is 6.05. The summed E-state index contributed by atoms with van der Waals surface area (Å²) in [7, 11) is 0. The first-order valence-electron chi connectivity index (χ1n) is 7.89. The van der Waals surface area contributed by atoms with Gasteiger partial charge in [-0.1, -0.05) is 24.1 Å². The Hall–Kier alpha value is -0.0500. The summed E-state index contributed by atoms with van der Waals surface area (Å²) in [5.74, 6) is 4.12. The predicted octanol–water partition coefficient (Wildman–Crippen LogP) is 5.02. The Labute approximate surface area is 134 Å². The summed E-state index contributed by atoms with van der Waals surface area (Å²) in [6.45, 7) is 0.973. The van der Waals surface area contributed by atoms with E-state index < -0.39 is 0 Å². The van der Waals surface area contributed by atoms with Crippen LogP contribution in [0.3, 0.4) is 0 Å². The van der Waals surface area contributed by atoms with E-state index in [9.17, 15) is 0 Å². The highest BCUT2D eigenvalue weighted by molar-refractivity contribution is 9.10. The molecule has 0 aromatic heterocycles. The van der Waals surface area contributed by atoms with Crippen molar-refractivity contribution in [3.8, 4) is 0 Å². The molecule has 1 N–H and O–H groups in total. The van der Waals surface area contributed by atoms with E-state index in [1.54, 1.807) is 0 Å². The van der Waals surface area contributed by atoms with Crippen molar-refractivity contribution in [1.82, 2.24) is 5.32 Å². The third-order valence-electron chi connectivity index (χ3n) is 5.98. The minimum atomic E-state index is 0.758. The van der Waals surface area contributed by atoms with Crippen molar-refractivity contribution in [2.75, 3.05) is 0 Å². The Bertz CT molecular complexity index is 518. The molecule has 3 aliphatic rings. The van der Waals surface area contributed by atoms with Gasteiger partial charge in [0.25, 0.3) is 0 Å². The number of halogens is 2. The lowest BCUT2D eigenvalue weighted by atomic mass is 9.79. The Morgan fingerprint density at radius 1 is 1.15 bits per heavy atom. The van der Waals surface area contributed by atoms with Crippen molar-refractivity contribution in [2.45, 2.75) is 44.7 Å². The lowest BCUT2D eigenvalue weighted by Crippen LogP contribution is -2.38. The van der Waals surface area contributed by atoms with Crippen LogP contribution in [0.5, 0.6) is 0 Å². The summed E-state index contributed by atoms with van der Waals surface area (Å²) in [5, 5.41) is 4.62. The molecule has 5 atom stereocenters. The van der Waals surface area contributed by atoms with E-state index in [0.717, 1.165) is 45.8 Å². The third kappa shape index (κ3) is 2.24. The van der Waals surface area contributed by atoms with Gasteiger partial charge in [-0.2, -0.15) is 0 Å². The van der Waals surface area contributed by atoms with Gasteiger partial charge in [-0.15, -0.1) is 0 Å². The van der Waals surface area contributed by atoms with Gasteiger partial charge in [0.2, 0.25) is 0 Å². The van der Waals surface area contributed by atoms with Gasteiger partial charge in [0.1, 0.15) is 0 Å². The fourth-order valence-electron chi connectivity index (χ4n) is 5.20. The molecule has 0 aliphatic heterocycles. The van der Waals surface area contributed by atoms with E-state index in [4.69, 9.17) is 11.6 Å². The van der Waals surface area contributed by atoms with Gasteiger partial charge in [-0.05, 0) is 83.0 Å². The quantitative estimate of drug-likeness (QED) is 0.804. The van der Waals surface area contributed by atoms with Gasteiger partial charge < -0.3 is 5.32 Å². The molecule has 3 heteroatoms. The summed E-state index contributed by atoms with van der Waals surface area (Å²) in [6, 6.07) is 7.01. The molecule has 0 saturated heterocycles. The molecule has 0 spiro atoms. The number of rotatable bonds is 3. The minimum Gasteiger partial charge on any atom is -0.310 e. The largest absolute Gasteiger partial charge is 0.310 e. The smallest absolute Gasteiger partial charge is 0.0548 e. The average molecular weight is 355 g/mol. The number of hydrogen-bond donors (Lipinski definition) is 1. The van der Waals surface area contributed by atoms with E-state index in [2.05, 4.69) is 33.4 Å². The van der Waals surface area contributed by atoms with Crippen LogP contribution in [0, 0.1) is 23.7 Å². The molecule has 3 saturated carbocycles. The molecule has 1 aromatic carbocycles.